The number of hydrogen-bond donors (Lipinski definition) is 1. The number of benzene rings is 2. The molecule has 2 aromatic carbocycles. The third-order valence-electron chi connectivity index (χ3n) is 3.77. The third kappa shape index (κ3) is 4.82. The van der Waals surface area contributed by atoms with Crippen molar-refractivity contribution in [2.24, 2.45) is 0 Å². The largest absolute Gasteiger partial charge is 0.486 e. The maximum atomic E-state index is 12.4. The summed E-state index contributed by atoms with van der Waals surface area (Å²) in [6, 6.07) is 8.88. The summed E-state index contributed by atoms with van der Waals surface area (Å²) in [4.78, 5) is 14.2. The van der Waals surface area contributed by atoms with Crippen molar-refractivity contribution in [1.82, 2.24) is 4.90 Å². The summed E-state index contributed by atoms with van der Waals surface area (Å²) >= 11 is 15.5. The molecule has 0 atom stereocenters. The number of anilines is 1. The normalized spacial score (nSPS) is 13.0. The van der Waals surface area contributed by atoms with Gasteiger partial charge in [0.1, 0.15) is 13.2 Å². The third-order valence-corrected chi connectivity index (χ3v) is 5.02. The maximum absolute atomic E-state index is 12.4. The molecule has 8 heteroatoms. The number of ether oxygens (including phenoxy) is 2. The molecule has 26 heavy (non-hydrogen) atoms. The maximum Gasteiger partial charge on any atom is 0.238 e. The molecule has 0 unspecified atom stereocenters. The van der Waals surface area contributed by atoms with Gasteiger partial charge in [0.25, 0.3) is 0 Å². The lowest BCUT2D eigenvalue weighted by atomic mass is 10.2. The first-order valence-electron chi connectivity index (χ1n) is 7.94. The van der Waals surface area contributed by atoms with Gasteiger partial charge in [0.15, 0.2) is 11.5 Å². The van der Waals surface area contributed by atoms with Crippen molar-refractivity contribution in [3.8, 4) is 11.5 Å². The Kier molecular flexibility index (Phi) is 6.29. The van der Waals surface area contributed by atoms with E-state index in [0.29, 0.717) is 47.0 Å². The fourth-order valence-corrected chi connectivity index (χ4v) is 3.48. The van der Waals surface area contributed by atoms with E-state index in [1.165, 1.54) is 0 Å². The van der Waals surface area contributed by atoms with E-state index in [4.69, 9.17) is 32.7 Å². The van der Waals surface area contributed by atoms with Crippen LogP contribution < -0.4 is 14.8 Å². The highest BCUT2D eigenvalue weighted by Gasteiger charge is 2.17. The quantitative estimate of drug-likeness (QED) is 0.709. The van der Waals surface area contributed by atoms with E-state index in [0.717, 1.165) is 10.0 Å². The van der Waals surface area contributed by atoms with Crippen LogP contribution in [0, 0.1) is 0 Å². The summed E-state index contributed by atoms with van der Waals surface area (Å²) in [6.07, 6.45) is 0. The van der Waals surface area contributed by atoms with Crippen molar-refractivity contribution >= 4 is 50.7 Å². The van der Waals surface area contributed by atoms with Crippen LogP contribution in [-0.4, -0.2) is 37.6 Å². The van der Waals surface area contributed by atoms with Gasteiger partial charge in [-0.15, -0.1) is 0 Å². The Morgan fingerprint density at radius 3 is 2.58 bits per heavy atom. The molecule has 0 bridgehead atoms. The Morgan fingerprint density at radius 1 is 1.19 bits per heavy atom. The van der Waals surface area contributed by atoms with Gasteiger partial charge in [-0.3, -0.25) is 9.69 Å². The lowest BCUT2D eigenvalue weighted by Crippen LogP contribution is -2.30. The highest BCUT2D eigenvalue weighted by atomic mass is 79.9. The molecular formula is C18H17BrCl2N2O3. The van der Waals surface area contributed by atoms with E-state index >= 15 is 0 Å². The smallest absolute Gasteiger partial charge is 0.238 e. The number of rotatable bonds is 5. The number of fused-ring (bicyclic) bond motifs is 1. The fourth-order valence-electron chi connectivity index (χ4n) is 2.59. The van der Waals surface area contributed by atoms with E-state index in [-0.39, 0.29) is 12.5 Å². The predicted octanol–water partition coefficient (Wildman–Crippen LogP) is 4.60. The van der Waals surface area contributed by atoms with Gasteiger partial charge in [-0.2, -0.15) is 0 Å². The van der Waals surface area contributed by atoms with Crippen LogP contribution in [-0.2, 0) is 11.3 Å². The second kappa shape index (κ2) is 8.48. The molecule has 1 amide bonds. The molecule has 0 fully saturated rings. The van der Waals surface area contributed by atoms with E-state index in [9.17, 15) is 4.79 Å². The molecule has 1 heterocycles. The van der Waals surface area contributed by atoms with Gasteiger partial charge in [-0.1, -0.05) is 29.3 Å². The number of carbonyl (C=O) groups is 1. The molecule has 0 saturated heterocycles. The zero-order valence-corrected chi connectivity index (χ0v) is 17.1. The van der Waals surface area contributed by atoms with Crippen LogP contribution in [0.2, 0.25) is 10.0 Å². The number of likely N-dealkylation sites (N-methyl/N-ethyl adjacent to an activating group) is 1. The number of nitrogens with one attached hydrogen (secondary N) is 1. The van der Waals surface area contributed by atoms with Crippen LogP contribution in [0.5, 0.6) is 11.5 Å². The molecule has 0 aromatic heterocycles. The number of carbonyl (C=O) groups excluding carboxylic acids is 1. The fraction of sp³-hybridized carbons (Fsp3) is 0.278. The molecule has 0 radical (unpaired) electrons. The highest BCUT2D eigenvalue weighted by Crippen LogP contribution is 2.38. The predicted molar refractivity (Wildman–Crippen MR) is 107 cm³/mol. The van der Waals surface area contributed by atoms with E-state index < -0.39 is 0 Å². The minimum absolute atomic E-state index is 0.144. The van der Waals surface area contributed by atoms with Gasteiger partial charge < -0.3 is 14.8 Å². The minimum atomic E-state index is -0.144. The van der Waals surface area contributed by atoms with Gasteiger partial charge in [-0.05, 0) is 40.7 Å². The summed E-state index contributed by atoms with van der Waals surface area (Å²) in [7, 11) is 1.85. The lowest BCUT2D eigenvalue weighted by Gasteiger charge is -2.21. The van der Waals surface area contributed by atoms with E-state index in [1.54, 1.807) is 24.3 Å². The Labute approximate surface area is 170 Å². The van der Waals surface area contributed by atoms with Gasteiger partial charge >= 0.3 is 0 Å². The average Bonchev–Trinajstić information content (AvgIpc) is 2.58. The molecular weight excluding hydrogens is 443 g/mol. The van der Waals surface area contributed by atoms with E-state index in [1.807, 2.05) is 18.0 Å². The SMILES string of the molecule is CN(CC(=O)Nc1cc2c(cc1Br)OCCO2)Cc1ccc(Cl)cc1Cl. The standard InChI is InChI=1S/C18H17BrCl2N2O3/c1-23(9-11-2-3-12(20)6-14(11)21)10-18(24)22-15-8-17-16(7-13(15)19)25-4-5-26-17/h2-3,6-8H,4-5,9-10H2,1H3,(H,22,24). The summed E-state index contributed by atoms with van der Waals surface area (Å²) in [5.41, 5.74) is 1.55. The first kappa shape index (κ1) is 19.3. The molecule has 5 nitrogen and oxygen atoms in total. The summed E-state index contributed by atoms with van der Waals surface area (Å²) < 4.78 is 11.8. The van der Waals surface area contributed by atoms with E-state index in [2.05, 4.69) is 21.2 Å². The molecule has 0 aliphatic carbocycles. The molecule has 3 rings (SSSR count). The van der Waals surface area contributed by atoms with Crippen LogP contribution in [0.1, 0.15) is 5.56 Å². The number of hydrogen-bond acceptors (Lipinski definition) is 4. The molecule has 0 saturated carbocycles. The molecule has 0 spiro atoms. The topological polar surface area (TPSA) is 50.8 Å². The van der Waals surface area contributed by atoms with Gasteiger partial charge in [0.2, 0.25) is 5.91 Å². The molecule has 1 aliphatic rings. The highest BCUT2D eigenvalue weighted by molar-refractivity contribution is 9.10. The van der Waals surface area contributed by atoms with Crippen molar-refractivity contribution in [3.63, 3.8) is 0 Å². The van der Waals surface area contributed by atoms with Crippen molar-refractivity contribution in [1.29, 1.82) is 0 Å². The van der Waals surface area contributed by atoms with Crippen LogP contribution >= 0.6 is 39.1 Å². The van der Waals surface area contributed by atoms with Gasteiger partial charge in [-0.25, -0.2) is 0 Å². The molecule has 1 N–H and O–H groups in total. The van der Waals surface area contributed by atoms with Crippen LogP contribution in [0.15, 0.2) is 34.8 Å². The Bertz CT molecular complexity index is 832. The lowest BCUT2D eigenvalue weighted by molar-refractivity contribution is -0.117. The number of halogens is 3. The van der Waals surface area contributed by atoms with Crippen molar-refractivity contribution in [2.75, 3.05) is 32.1 Å². The Morgan fingerprint density at radius 2 is 1.88 bits per heavy atom. The first-order valence-corrected chi connectivity index (χ1v) is 9.49. The van der Waals surface area contributed by atoms with Crippen LogP contribution in [0.4, 0.5) is 5.69 Å². The van der Waals surface area contributed by atoms with Crippen molar-refractivity contribution < 1.29 is 14.3 Å². The zero-order valence-electron chi connectivity index (χ0n) is 14.0. The zero-order chi connectivity index (χ0) is 18.7. The van der Waals surface area contributed by atoms with Crippen LogP contribution in [0.3, 0.4) is 0 Å². The van der Waals surface area contributed by atoms with Gasteiger partial charge in [0.05, 0.1) is 12.2 Å². The number of amides is 1. The summed E-state index contributed by atoms with van der Waals surface area (Å²) in [5.74, 6) is 1.14. The molecule has 1 aliphatic heterocycles. The molecule has 2 aromatic rings. The first-order chi connectivity index (χ1) is 12.4. The Hall–Kier alpha value is -1.47. The average molecular weight is 460 g/mol. The monoisotopic (exact) mass is 458 g/mol. The second-order valence-electron chi connectivity index (χ2n) is 5.93. The number of nitrogens with zero attached hydrogens (tertiary/aromatic N) is 1. The van der Waals surface area contributed by atoms with Crippen molar-refractivity contribution in [3.05, 3.63) is 50.4 Å². The van der Waals surface area contributed by atoms with Crippen LogP contribution in [0.25, 0.3) is 0 Å². The summed E-state index contributed by atoms with van der Waals surface area (Å²) in [6.45, 7) is 1.75. The molecule has 138 valence electrons. The van der Waals surface area contributed by atoms with Gasteiger partial charge in [0, 0.05) is 33.2 Å². The summed E-state index contributed by atoms with van der Waals surface area (Å²) in [5, 5.41) is 4.05. The minimum Gasteiger partial charge on any atom is -0.486 e. The Balaban J connectivity index is 1.61. The second-order valence-corrected chi connectivity index (χ2v) is 7.63. The van der Waals surface area contributed by atoms with Crippen molar-refractivity contribution in [2.45, 2.75) is 6.54 Å².